The van der Waals surface area contributed by atoms with Gasteiger partial charge in [-0.2, -0.15) is 0 Å². The van der Waals surface area contributed by atoms with Gasteiger partial charge in [0, 0.05) is 12.2 Å². The Labute approximate surface area is 128 Å². The third-order valence-electron chi connectivity index (χ3n) is 3.61. The van der Waals surface area contributed by atoms with Crippen LogP contribution in [0.3, 0.4) is 0 Å². The first-order chi connectivity index (χ1) is 10.2. The second kappa shape index (κ2) is 10.1. The molecule has 0 aliphatic rings. The number of benzene rings is 1. The number of rotatable bonds is 10. The minimum Gasteiger partial charge on any atom is -0.493 e. The summed E-state index contributed by atoms with van der Waals surface area (Å²) in [4.78, 5) is 11.8. The Balaban J connectivity index is 2.17. The average Bonchev–Trinajstić information content (AvgIpc) is 2.49. The van der Waals surface area contributed by atoms with Gasteiger partial charge in [0.15, 0.2) is 0 Å². The number of ether oxygens (including phenoxy) is 1. The van der Waals surface area contributed by atoms with E-state index in [0.29, 0.717) is 24.6 Å². The van der Waals surface area contributed by atoms with Gasteiger partial charge in [-0.15, -0.1) is 0 Å². The summed E-state index contributed by atoms with van der Waals surface area (Å²) in [5, 5.41) is 3.00. The first-order valence-corrected chi connectivity index (χ1v) is 7.90. The lowest BCUT2D eigenvalue weighted by Crippen LogP contribution is -2.30. The van der Waals surface area contributed by atoms with Crippen molar-refractivity contribution in [2.45, 2.75) is 46.0 Å². The molecule has 0 aliphatic heterocycles. The highest BCUT2D eigenvalue weighted by Gasteiger charge is 2.08. The minimum absolute atomic E-state index is 0.0559. The van der Waals surface area contributed by atoms with Crippen LogP contribution < -0.4 is 15.8 Å². The predicted octanol–water partition coefficient (Wildman–Crippen LogP) is 3.37. The second-order valence-electron chi connectivity index (χ2n) is 5.39. The summed E-state index contributed by atoms with van der Waals surface area (Å²) in [6.45, 7) is 5.54. The van der Waals surface area contributed by atoms with E-state index < -0.39 is 0 Å². The number of nitrogens with one attached hydrogen (secondary N) is 1. The fourth-order valence-electron chi connectivity index (χ4n) is 2.12. The van der Waals surface area contributed by atoms with E-state index in [1.54, 1.807) is 12.1 Å². The summed E-state index contributed by atoms with van der Waals surface area (Å²) in [5.74, 6) is 1.39. The van der Waals surface area contributed by atoms with E-state index in [4.69, 9.17) is 10.5 Å². The largest absolute Gasteiger partial charge is 0.493 e. The molecule has 1 aromatic carbocycles. The van der Waals surface area contributed by atoms with Crippen molar-refractivity contribution in [1.29, 1.82) is 0 Å². The smallest absolute Gasteiger partial charge is 0.223 e. The normalized spacial score (nSPS) is 11.9. The van der Waals surface area contributed by atoms with Crippen LogP contribution in [-0.2, 0) is 4.79 Å². The summed E-state index contributed by atoms with van der Waals surface area (Å²) in [7, 11) is 0. The lowest BCUT2D eigenvalue weighted by molar-refractivity contribution is -0.121. The topological polar surface area (TPSA) is 64.3 Å². The molecular weight excluding hydrogens is 264 g/mol. The summed E-state index contributed by atoms with van der Waals surface area (Å²) >= 11 is 0. The molecule has 0 saturated heterocycles. The number of nitrogens with two attached hydrogens (primary N) is 1. The SMILES string of the molecule is CCCCC(CC)CNC(=O)CCOc1ccc(N)cc1. The number of carbonyl (C=O) groups excluding carboxylic acids is 1. The van der Waals surface area contributed by atoms with Crippen LogP contribution in [0.2, 0.25) is 0 Å². The maximum Gasteiger partial charge on any atom is 0.223 e. The summed E-state index contributed by atoms with van der Waals surface area (Å²) in [6, 6.07) is 7.19. The van der Waals surface area contributed by atoms with Crippen molar-refractivity contribution in [2.75, 3.05) is 18.9 Å². The van der Waals surface area contributed by atoms with Gasteiger partial charge in [0.1, 0.15) is 5.75 Å². The van der Waals surface area contributed by atoms with Crippen LogP contribution in [0, 0.1) is 5.92 Å². The van der Waals surface area contributed by atoms with Crippen molar-refractivity contribution in [3.63, 3.8) is 0 Å². The summed E-state index contributed by atoms with van der Waals surface area (Å²) in [5.41, 5.74) is 6.31. The molecule has 0 saturated carbocycles. The molecule has 0 fully saturated rings. The van der Waals surface area contributed by atoms with Crippen LogP contribution >= 0.6 is 0 Å². The molecule has 0 aromatic heterocycles. The van der Waals surface area contributed by atoms with Crippen molar-refractivity contribution >= 4 is 11.6 Å². The minimum atomic E-state index is 0.0559. The molecule has 0 bridgehead atoms. The summed E-state index contributed by atoms with van der Waals surface area (Å²) in [6.07, 6.45) is 5.13. The Morgan fingerprint density at radius 3 is 2.62 bits per heavy atom. The van der Waals surface area contributed by atoms with Gasteiger partial charge in [-0.3, -0.25) is 4.79 Å². The van der Waals surface area contributed by atoms with E-state index in [2.05, 4.69) is 19.2 Å². The second-order valence-corrected chi connectivity index (χ2v) is 5.39. The zero-order valence-electron chi connectivity index (χ0n) is 13.2. The number of hydrogen-bond donors (Lipinski definition) is 2. The molecule has 1 rings (SSSR count). The third-order valence-corrected chi connectivity index (χ3v) is 3.61. The number of nitrogen functional groups attached to an aromatic ring is 1. The van der Waals surface area contributed by atoms with Crippen LogP contribution in [-0.4, -0.2) is 19.1 Å². The van der Waals surface area contributed by atoms with Crippen molar-refractivity contribution < 1.29 is 9.53 Å². The van der Waals surface area contributed by atoms with Crippen LogP contribution in [0.5, 0.6) is 5.75 Å². The van der Waals surface area contributed by atoms with Gasteiger partial charge >= 0.3 is 0 Å². The highest BCUT2D eigenvalue weighted by Crippen LogP contribution is 2.13. The molecule has 0 heterocycles. The molecule has 3 N–H and O–H groups in total. The molecule has 1 unspecified atom stereocenters. The van der Waals surface area contributed by atoms with Crippen molar-refractivity contribution in [3.05, 3.63) is 24.3 Å². The lowest BCUT2D eigenvalue weighted by atomic mass is 9.99. The van der Waals surface area contributed by atoms with Crippen LogP contribution in [0.25, 0.3) is 0 Å². The number of carbonyl (C=O) groups is 1. The number of anilines is 1. The average molecular weight is 292 g/mol. The molecule has 4 heteroatoms. The molecule has 4 nitrogen and oxygen atoms in total. The monoisotopic (exact) mass is 292 g/mol. The van der Waals surface area contributed by atoms with Gasteiger partial charge in [-0.05, 0) is 36.6 Å². The third kappa shape index (κ3) is 7.59. The fourth-order valence-corrected chi connectivity index (χ4v) is 2.12. The van der Waals surface area contributed by atoms with E-state index in [1.807, 2.05) is 12.1 Å². The van der Waals surface area contributed by atoms with Crippen molar-refractivity contribution in [2.24, 2.45) is 5.92 Å². The van der Waals surface area contributed by atoms with Crippen molar-refractivity contribution in [1.82, 2.24) is 5.32 Å². The van der Waals surface area contributed by atoms with Gasteiger partial charge in [-0.25, -0.2) is 0 Å². The molecule has 1 atom stereocenters. The molecule has 0 aliphatic carbocycles. The zero-order chi connectivity index (χ0) is 15.5. The molecule has 0 radical (unpaired) electrons. The Morgan fingerprint density at radius 2 is 2.00 bits per heavy atom. The molecule has 0 spiro atoms. The van der Waals surface area contributed by atoms with E-state index >= 15 is 0 Å². The highest BCUT2D eigenvalue weighted by atomic mass is 16.5. The van der Waals surface area contributed by atoms with Gasteiger partial charge in [-0.1, -0.05) is 33.1 Å². The maximum absolute atomic E-state index is 11.8. The number of amides is 1. The Morgan fingerprint density at radius 1 is 1.29 bits per heavy atom. The predicted molar refractivity (Wildman–Crippen MR) is 87.3 cm³/mol. The lowest BCUT2D eigenvalue weighted by Gasteiger charge is -2.15. The van der Waals surface area contributed by atoms with Gasteiger partial charge in [0.05, 0.1) is 13.0 Å². The van der Waals surface area contributed by atoms with E-state index in [0.717, 1.165) is 18.7 Å². The highest BCUT2D eigenvalue weighted by molar-refractivity contribution is 5.75. The molecule has 118 valence electrons. The fraction of sp³-hybridized carbons (Fsp3) is 0.588. The molecule has 1 amide bonds. The van der Waals surface area contributed by atoms with E-state index in [-0.39, 0.29) is 5.91 Å². The first kappa shape index (κ1) is 17.3. The van der Waals surface area contributed by atoms with Crippen LogP contribution in [0.4, 0.5) is 5.69 Å². The van der Waals surface area contributed by atoms with Crippen molar-refractivity contribution in [3.8, 4) is 5.75 Å². The molecular formula is C17H28N2O2. The number of hydrogen-bond acceptors (Lipinski definition) is 3. The first-order valence-electron chi connectivity index (χ1n) is 7.90. The zero-order valence-corrected chi connectivity index (χ0v) is 13.2. The Bertz CT molecular complexity index is 404. The quantitative estimate of drug-likeness (QED) is 0.650. The van der Waals surface area contributed by atoms with E-state index in [9.17, 15) is 4.79 Å². The molecule has 21 heavy (non-hydrogen) atoms. The van der Waals surface area contributed by atoms with Gasteiger partial charge < -0.3 is 15.8 Å². The van der Waals surface area contributed by atoms with Crippen LogP contribution in [0.1, 0.15) is 46.0 Å². The maximum atomic E-state index is 11.8. The Kier molecular flexibility index (Phi) is 8.32. The van der Waals surface area contributed by atoms with Gasteiger partial charge in [0.25, 0.3) is 0 Å². The Hall–Kier alpha value is -1.71. The number of unbranched alkanes of at least 4 members (excludes halogenated alkanes) is 1. The van der Waals surface area contributed by atoms with Gasteiger partial charge in [0.2, 0.25) is 5.91 Å². The summed E-state index contributed by atoms with van der Waals surface area (Å²) < 4.78 is 5.51. The van der Waals surface area contributed by atoms with Crippen LogP contribution in [0.15, 0.2) is 24.3 Å². The van der Waals surface area contributed by atoms with E-state index in [1.165, 1.54) is 19.3 Å². The molecule has 1 aromatic rings. The standard InChI is InChI=1S/C17H28N2O2/c1-3-5-6-14(4-2)13-19-17(20)11-12-21-16-9-7-15(18)8-10-16/h7-10,14H,3-6,11-13,18H2,1-2H3,(H,19,20).